The smallest absolute Gasteiger partial charge is 0.187 e. The normalized spacial score (nSPS) is 55.4. The van der Waals surface area contributed by atoms with Crippen LogP contribution < -0.4 is 0 Å². The lowest BCUT2D eigenvalue weighted by molar-refractivity contribution is -0.396. The van der Waals surface area contributed by atoms with Crippen LogP contribution >= 0.6 is 0 Å². The number of hydrogen-bond acceptors (Lipinski definition) is 34. The Kier molecular flexibility index (Phi) is 20.9. The maximum absolute atomic E-state index is 11.6. The Hall–Kier alpha value is -1.36. The number of hydrogen-bond donors (Lipinski definition) is 20. The fourth-order valence-electron chi connectivity index (χ4n) is 10.6. The molecule has 21 unspecified atom stereocenters. The number of aliphatic hydroxyl groups is 20. The highest BCUT2D eigenvalue weighted by atomic mass is 16.8. The van der Waals surface area contributed by atoms with Crippen LogP contribution in [0.1, 0.15) is 6.92 Å². The molecule has 77 heavy (non-hydrogen) atoms. The van der Waals surface area contributed by atoms with E-state index in [2.05, 4.69) is 0 Å². The second kappa shape index (κ2) is 26.1. The number of aliphatic hydroxyl groups excluding tert-OH is 20. The van der Waals surface area contributed by atoms with Gasteiger partial charge in [0.25, 0.3) is 0 Å². The van der Waals surface area contributed by atoms with Crippen LogP contribution in [0.2, 0.25) is 0 Å². The zero-order chi connectivity index (χ0) is 56.1. The first-order valence-electron chi connectivity index (χ1n) is 24.9. The van der Waals surface area contributed by atoms with Gasteiger partial charge in [0.2, 0.25) is 0 Å². The summed E-state index contributed by atoms with van der Waals surface area (Å²) in [6.07, 6.45) is -65.4. The Morgan fingerprint density at radius 1 is 0.195 bits per heavy atom. The summed E-state index contributed by atoms with van der Waals surface area (Å²) in [4.78, 5) is 0. The van der Waals surface area contributed by atoms with Crippen LogP contribution in [0.5, 0.6) is 0 Å². The van der Waals surface area contributed by atoms with Crippen molar-refractivity contribution in [2.45, 2.75) is 216 Å². The summed E-state index contributed by atoms with van der Waals surface area (Å²) in [6, 6.07) is 0. The fourth-order valence-corrected chi connectivity index (χ4v) is 10.6. The zero-order valence-corrected chi connectivity index (χ0v) is 40.8. The zero-order valence-electron chi connectivity index (χ0n) is 40.8. The minimum atomic E-state index is -2.19. The molecule has 21 heterocycles. The molecule has 21 fully saturated rings. The maximum Gasteiger partial charge on any atom is 0.187 e. The van der Waals surface area contributed by atoms with Gasteiger partial charge >= 0.3 is 0 Å². The van der Waals surface area contributed by atoms with Crippen molar-refractivity contribution in [1.29, 1.82) is 0 Å². The molecule has 0 aromatic heterocycles. The van der Waals surface area contributed by atoms with E-state index < -0.39 is 261 Å². The fraction of sp³-hybridized carbons (Fsp3) is 1.00. The van der Waals surface area contributed by atoms with E-state index in [-0.39, 0.29) is 0 Å². The average Bonchev–Trinajstić information content (AvgIpc) is 3.46. The average molecular weight is 1130 g/mol. The number of ether oxygens (including phenoxy) is 14. The molecule has 21 rings (SSSR count). The van der Waals surface area contributed by atoms with Gasteiger partial charge in [-0.15, -0.1) is 0 Å². The van der Waals surface area contributed by atoms with Crippen molar-refractivity contribution in [3.8, 4) is 0 Å². The molecule has 14 bridgehead atoms. The van der Waals surface area contributed by atoms with Crippen LogP contribution in [0, 0.1) is 5.92 Å². The molecule has 21 aliphatic heterocycles. The molecule has 21 saturated heterocycles. The second-order valence-electron chi connectivity index (χ2n) is 20.0. The van der Waals surface area contributed by atoms with Crippen molar-refractivity contribution < 1.29 is 168 Å². The van der Waals surface area contributed by atoms with Crippen molar-refractivity contribution in [1.82, 2.24) is 0 Å². The molecule has 0 saturated carbocycles. The summed E-state index contributed by atoms with van der Waals surface area (Å²) in [5, 5.41) is 220. The summed E-state index contributed by atoms with van der Waals surface area (Å²) in [6.45, 7) is -5.66. The van der Waals surface area contributed by atoms with E-state index in [1.807, 2.05) is 0 Å². The van der Waals surface area contributed by atoms with Gasteiger partial charge < -0.3 is 168 Å². The summed E-state index contributed by atoms with van der Waals surface area (Å²) in [7, 11) is 0. The van der Waals surface area contributed by atoms with E-state index in [4.69, 9.17) is 66.3 Å². The summed E-state index contributed by atoms with van der Waals surface area (Å²) in [5.74, 6) is -1.21. The third-order valence-corrected chi connectivity index (χ3v) is 15.1. The quantitative estimate of drug-likeness (QED) is 0.113. The van der Waals surface area contributed by atoms with E-state index in [9.17, 15) is 102 Å². The van der Waals surface area contributed by atoms with E-state index in [0.29, 0.717) is 0 Å². The van der Waals surface area contributed by atoms with Crippen molar-refractivity contribution in [2.24, 2.45) is 5.92 Å². The summed E-state index contributed by atoms with van der Waals surface area (Å²) in [5.41, 5.74) is 0. The molecule has 0 aromatic rings. The highest BCUT2D eigenvalue weighted by Gasteiger charge is 2.59. The van der Waals surface area contributed by atoms with Gasteiger partial charge in [0.05, 0.1) is 52.4 Å². The first-order chi connectivity index (χ1) is 36.7. The molecule has 0 aromatic carbocycles. The molecule has 448 valence electrons. The van der Waals surface area contributed by atoms with Crippen molar-refractivity contribution in [3.05, 3.63) is 0 Å². The Bertz CT molecular complexity index is 1470. The number of rotatable bonds is 7. The lowest BCUT2D eigenvalue weighted by Gasteiger charge is -2.50. The van der Waals surface area contributed by atoms with Crippen LogP contribution in [-0.4, -0.2) is 357 Å². The van der Waals surface area contributed by atoms with Crippen molar-refractivity contribution in [3.63, 3.8) is 0 Å². The molecular formula is C43H72O34. The van der Waals surface area contributed by atoms with Gasteiger partial charge in [0, 0.05) is 5.92 Å². The molecular weight excluding hydrogens is 1060 g/mol. The van der Waals surface area contributed by atoms with Crippen LogP contribution in [-0.2, 0) is 66.3 Å². The minimum absolute atomic E-state index is 0.936. The predicted molar refractivity (Wildman–Crippen MR) is 232 cm³/mol. The van der Waals surface area contributed by atoms with Crippen molar-refractivity contribution in [2.75, 3.05) is 46.2 Å². The molecule has 34 heteroatoms. The lowest BCUT2D eigenvalue weighted by Crippen LogP contribution is -2.68. The maximum atomic E-state index is 11.6. The molecule has 0 spiro atoms. The monoisotopic (exact) mass is 1130 g/mol. The topological polar surface area (TPSA) is 534 Å². The van der Waals surface area contributed by atoms with Crippen molar-refractivity contribution >= 4 is 0 Å². The highest BCUT2D eigenvalue weighted by molar-refractivity contribution is 5.01. The van der Waals surface area contributed by atoms with Gasteiger partial charge in [-0.3, -0.25) is 0 Å². The van der Waals surface area contributed by atoms with Gasteiger partial charge in [0.1, 0.15) is 159 Å². The lowest BCUT2D eigenvalue weighted by atomic mass is 9.91. The standard InChI is InChI=1S/C43H72O34/c1-9-17(51)30-10(2-44)64-37(9)71-31-11(3-45)65-39(24(58)18(31)52)73-33-13(5-47)67-41(26(60)20(33)54)75-35-15(7-49)69-43(28(62)22(35)56)77-36-16(8-50)70-42(29(63)23(36)57)76-34-14(6-48)68-40(27(61)21(34)55)74-32-12(4-46)66-38(72-30)25(59)19(32)53/h9-63H,2-8H2,1H3/t9?,10?,11?,12?,13?,14?,15?,16?,17?,18?,19?,20?,21?,22?,23?,24?,25?,26?,27?,28?,29?,30-,31-,32-,33-,34-,35-,36-,37-,38-,39-,40-,41-,42-,43-/m1/s1. The van der Waals surface area contributed by atoms with E-state index in [0.717, 1.165) is 0 Å². The third-order valence-electron chi connectivity index (χ3n) is 15.1. The van der Waals surface area contributed by atoms with Gasteiger partial charge in [-0.25, -0.2) is 0 Å². The molecule has 0 aliphatic carbocycles. The van der Waals surface area contributed by atoms with E-state index in [1.165, 1.54) is 6.92 Å². The minimum Gasteiger partial charge on any atom is -0.394 e. The SMILES string of the molecule is CC1C(O)[C@@H]2O[C@H]3OC(CO)[C@@H](O[C@H]4OC(CO)[C@@H](O[C@H]5OC(CO)[C@@H](O[C@H]6OC(CO)[C@@H](O[C@H]7OC(CO)[C@@H](O[C@H]8OC(CO)[C@@H](O[C@H]1OC2CO)C(O)C8O)C(O)C7O)C(O)C6O)C(O)C5O)C(O)C4O)C(O)C3O. The molecule has 35 atom stereocenters. The molecule has 21 aliphatic rings. The molecule has 34 nitrogen and oxygen atoms in total. The summed E-state index contributed by atoms with van der Waals surface area (Å²) >= 11 is 0. The Morgan fingerprint density at radius 2 is 0.338 bits per heavy atom. The van der Waals surface area contributed by atoms with Crippen LogP contribution in [0.15, 0.2) is 0 Å². The van der Waals surface area contributed by atoms with Crippen LogP contribution in [0.25, 0.3) is 0 Å². The molecule has 20 N–H and O–H groups in total. The Balaban J connectivity index is 1.08. The highest BCUT2D eigenvalue weighted by Crippen LogP contribution is 2.39. The Morgan fingerprint density at radius 3 is 0.506 bits per heavy atom. The largest absolute Gasteiger partial charge is 0.394 e. The first kappa shape index (κ1) is 61.7. The van der Waals surface area contributed by atoms with Gasteiger partial charge in [-0.05, 0) is 0 Å². The molecule has 0 amide bonds. The van der Waals surface area contributed by atoms with Crippen LogP contribution in [0.4, 0.5) is 0 Å². The van der Waals surface area contributed by atoms with Gasteiger partial charge in [0.15, 0.2) is 44.0 Å². The summed E-state index contributed by atoms with van der Waals surface area (Å²) < 4.78 is 80.5. The van der Waals surface area contributed by atoms with E-state index in [1.54, 1.807) is 0 Å². The predicted octanol–water partition coefficient (Wildman–Crippen LogP) is -14.0. The third kappa shape index (κ3) is 12.1. The Labute approximate surface area is 435 Å². The van der Waals surface area contributed by atoms with Crippen LogP contribution in [0.3, 0.4) is 0 Å². The first-order valence-corrected chi connectivity index (χ1v) is 24.9. The molecule has 0 radical (unpaired) electrons. The van der Waals surface area contributed by atoms with Gasteiger partial charge in [-0.1, -0.05) is 6.92 Å². The van der Waals surface area contributed by atoms with Gasteiger partial charge in [-0.2, -0.15) is 0 Å². The second-order valence-corrected chi connectivity index (χ2v) is 20.0. The van der Waals surface area contributed by atoms with E-state index >= 15 is 0 Å².